The number of unbranched alkanes of at least 4 members (excludes halogenated alkanes) is 4. The average Bonchev–Trinajstić information content (AvgIpc) is 2.65. The number of carbonyl (C=O) groups excluding carboxylic acids is 1. The molecule has 0 aliphatic heterocycles. The van der Waals surface area contributed by atoms with Crippen molar-refractivity contribution in [2.75, 3.05) is 23.8 Å². The minimum absolute atomic E-state index is 0.113. The van der Waals surface area contributed by atoms with E-state index in [-0.39, 0.29) is 18.3 Å². The van der Waals surface area contributed by atoms with Crippen molar-refractivity contribution in [1.29, 1.82) is 0 Å². The summed E-state index contributed by atoms with van der Waals surface area (Å²) in [5.41, 5.74) is 1.41. The van der Waals surface area contributed by atoms with Crippen LogP contribution in [-0.4, -0.2) is 19.1 Å². The van der Waals surface area contributed by atoms with Crippen LogP contribution < -0.4 is 15.4 Å². The summed E-state index contributed by atoms with van der Waals surface area (Å²) >= 11 is 0. The number of rotatable bonds is 11. The smallest absolute Gasteiger partial charge is 0.243 e. The van der Waals surface area contributed by atoms with E-state index in [1.165, 1.54) is 37.8 Å². The van der Waals surface area contributed by atoms with E-state index < -0.39 is 0 Å². The van der Waals surface area contributed by atoms with Gasteiger partial charge in [-0.1, -0.05) is 32.6 Å². The van der Waals surface area contributed by atoms with E-state index in [4.69, 9.17) is 4.74 Å². The number of nitrogens with one attached hydrogen (secondary N) is 2. The second kappa shape index (κ2) is 11.1. The maximum absolute atomic E-state index is 12.8. The van der Waals surface area contributed by atoms with Gasteiger partial charge in [-0.3, -0.25) is 4.79 Å². The van der Waals surface area contributed by atoms with E-state index in [1.807, 2.05) is 24.3 Å². The highest BCUT2D eigenvalue weighted by atomic mass is 19.1. The van der Waals surface area contributed by atoms with Gasteiger partial charge in [0.1, 0.15) is 11.6 Å². The molecule has 2 N–H and O–H groups in total. The first kappa shape index (κ1) is 19.8. The standard InChI is InChI=1S/C21H27FN2O2/c1-2-3-4-5-6-15-26-20-13-11-19(12-14-20)24-21(25)16-23-18-9-7-17(22)8-10-18/h7-14,23H,2-6,15-16H2,1H3,(H,24,25). The van der Waals surface area contributed by atoms with Crippen LogP contribution in [0.1, 0.15) is 39.0 Å². The normalized spacial score (nSPS) is 10.4. The second-order valence-corrected chi connectivity index (χ2v) is 6.20. The number of anilines is 2. The first-order valence-corrected chi connectivity index (χ1v) is 9.19. The lowest BCUT2D eigenvalue weighted by atomic mass is 10.2. The summed E-state index contributed by atoms with van der Waals surface area (Å²) in [6, 6.07) is 13.2. The number of carbonyl (C=O) groups is 1. The van der Waals surface area contributed by atoms with Crippen molar-refractivity contribution in [3.8, 4) is 5.75 Å². The minimum atomic E-state index is -0.303. The van der Waals surface area contributed by atoms with Gasteiger partial charge in [-0.25, -0.2) is 4.39 Å². The van der Waals surface area contributed by atoms with Crippen LogP contribution in [0.4, 0.5) is 15.8 Å². The van der Waals surface area contributed by atoms with Crippen molar-refractivity contribution in [1.82, 2.24) is 0 Å². The Balaban J connectivity index is 1.67. The Labute approximate surface area is 154 Å². The van der Waals surface area contributed by atoms with Crippen molar-refractivity contribution in [3.63, 3.8) is 0 Å². The van der Waals surface area contributed by atoms with Crippen molar-refractivity contribution in [3.05, 3.63) is 54.3 Å². The molecule has 0 heterocycles. The van der Waals surface area contributed by atoms with Crippen LogP contribution in [0.3, 0.4) is 0 Å². The van der Waals surface area contributed by atoms with Gasteiger partial charge in [0.2, 0.25) is 5.91 Å². The van der Waals surface area contributed by atoms with E-state index in [0.717, 1.165) is 18.8 Å². The lowest BCUT2D eigenvalue weighted by Crippen LogP contribution is -2.21. The van der Waals surface area contributed by atoms with Crippen molar-refractivity contribution in [2.24, 2.45) is 0 Å². The van der Waals surface area contributed by atoms with Crippen LogP contribution in [0.25, 0.3) is 0 Å². The zero-order valence-corrected chi connectivity index (χ0v) is 15.3. The van der Waals surface area contributed by atoms with Crippen molar-refractivity contribution >= 4 is 17.3 Å². The predicted molar refractivity (Wildman–Crippen MR) is 104 cm³/mol. The molecule has 0 unspecified atom stereocenters. The molecule has 1 amide bonds. The fraction of sp³-hybridized carbons (Fsp3) is 0.381. The summed E-state index contributed by atoms with van der Waals surface area (Å²) < 4.78 is 18.5. The second-order valence-electron chi connectivity index (χ2n) is 6.20. The molecule has 0 aromatic heterocycles. The average molecular weight is 358 g/mol. The first-order chi connectivity index (χ1) is 12.7. The molecule has 5 heteroatoms. The molecule has 0 radical (unpaired) electrons. The molecule has 0 fully saturated rings. The number of hydrogen-bond donors (Lipinski definition) is 2. The highest BCUT2D eigenvalue weighted by Crippen LogP contribution is 2.16. The molecule has 0 atom stereocenters. The summed E-state index contributed by atoms with van der Waals surface area (Å²) in [6.07, 6.45) is 6.05. The maximum Gasteiger partial charge on any atom is 0.243 e. The van der Waals surface area contributed by atoms with Gasteiger partial charge in [-0.2, -0.15) is 0 Å². The van der Waals surface area contributed by atoms with E-state index >= 15 is 0 Å². The molecule has 2 aromatic rings. The Kier molecular flexibility index (Phi) is 8.46. The summed E-state index contributed by atoms with van der Waals surface area (Å²) in [5.74, 6) is 0.338. The van der Waals surface area contributed by atoms with E-state index in [1.54, 1.807) is 12.1 Å². The predicted octanol–water partition coefficient (Wildman–Crippen LogP) is 5.23. The van der Waals surface area contributed by atoms with Gasteiger partial charge >= 0.3 is 0 Å². The number of benzene rings is 2. The summed E-state index contributed by atoms with van der Waals surface area (Å²) in [7, 11) is 0. The van der Waals surface area contributed by atoms with Gasteiger partial charge in [0.25, 0.3) is 0 Å². The molecule has 0 spiro atoms. The van der Waals surface area contributed by atoms with Crippen LogP contribution >= 0.6 is 0 Å². The third-order valence-electron chi connectivity index (χ3n) is 3.95. The Morgan fingerprint density at radius 2 is 1.58 bits per heavy atom. The van der Waals surface area contributed by atoms with Gasteiger partial charge < -0.3 is 15.4 Å². The zero-order valence-electron chi connectivity index (χ0n) is 15.3. The first-order valence-electron chi connectivity index (χ1n) is 9.19. The monoisotopic (exact) mass is 358 g/mol. The van der Waals surface area contributed by atoms with Crippen LogP contribution in [-0.2, 0) is 4.79 Å². The van der Waals surface area contributed by atoms with E-state index in [2.05, 4.69) is 17.6 Å². The molecule has 0 aliphatic rings. The van der Waals surface area contributed by atoms with Crippen LogP contribution in [0, 0.1) is 5.82 Å². The van der Waals surface area contributed by atoms with Crippen molar-refractivity contribution in [2.45, 2.75) is 39.0 Å². The molecular weight excluding hydrogens is 331 g/mol. The third-order valence-corrected chi connectivity index (χ3v) is 3.95. The SMILES string of the molecule is CCCCCCCOc1ccc(NC(=O)CNc2ccc(F)cc2)cc1. The zero-order chi connectivity index (χ0) is 18.6. The molecule has 0 saturated carbocycles. The number of ether oxygens (including phenoxy) is 1. The molecule has 0 bridgehead atoms. The number of halogens is 1. The Hall–Kier alpha value is -2.56. The summed E-state index contributed by atoms with van der Waals surface area (Å²) in [4.78, 5) is 12.0. The fourth-order valence-corrected chi connectivity index (χ4v) is 2.49. The Morgan fingerprint density at radius 1 is 0.923 bits per heavy atom. The largest absolute Gasteiger partial charge is 0.494 e. The molecule has 0 aliphatic carbocycles. The Morgan fingerprint density at radius 3 is 2.27 bits per heavy atom. The highest BCUT2D eigenvalue weighted by Gasteiger charge is 2.03. The molecule has 140 valence electrons. The van der Waals surface area contributed by atoms with Gasteiger partial charge in [0.15, 0.2) is 0 Å². The fourth-order valence-electron chi connectivity index (χ4n) is 2.49. The van der Waals surface area contributed by atoms with Gasteiger partial charge in [0, 0.05) is 11.4 Å². The van der Waals surface area contributed by atoms with E-state index in [9.17, 15) is 9.18 Å². The lowest BCUT2D eigenvalue weighted by Gasteiger charge is -2.09. The summed E-state index contributed by atoms with van der Waals surface area (Å²) in [5, 5.41) is 5.76. The van der Waals surface area contributed by atoms with Crippen LogP contribution in [0.15, 0.2) is 48.5 Å². The maximum atomic E-state index is 12.8. The molecule has 2 aromatic carbocycles. The molecule has 2 rings (SSSR count). The third kappa shape index (κ3) is 7.55. The summed E-state index contributed by atoms with van der Waals surface area (Å²) in [6.45, 7) is 3.04. The quantitative estimate of drug-likeness (QED) is 0.541. The topological polar surface area (TPSA) is 50.4 Å². The number of amides is 1. The van der Waals surface area contributed by atoms with Crippen LogP contribution in [0.2, 0.25) is 0 Å². The molecular formula is C21H27FN2O2. The minimum Gasteiger partial charge on any atom is -0.494 e. The van der Waals surface area contributed by atoms with Gasteiger partial charge in [-0.15, -0.1) is 0 Å². The van der Waals surface area contributed by atoms with Crippen LogP contribution in [0.5, 0.6) is 5.75 Å². The lowest BCUT2D eigenvalue weighted by molar-refractivity contribution is -0.114. The highest BCUT2D eigenvalue weighted by molar-refractivity contribution is 5.93. The van der Waals surface area contributed by atoms with Gasteiger partial charge in [0.05, 0.1) is 13.2 Å². The van der Waals surface area contributed by atoms with E-state index in [0.29, 0.717) is 11.4 Å². The molecule has 4 nitrogen and oxygen atoms in total. The number of hydrogen-bond acceptors (Lipinski definition) is 3. The Bertz CT molecular complexity index is 657. The molecule has 26 heavy (non-hydrogen) atoms. The molecule has 0 saturated heterocycles. The van der Waals surface area contributed by atoms with Crippen molar-refractivity contribution < 1.29 is 13.9 Å². The van der Waals surface area contributed by atoms with Gasteiger partial charge in [-0.05, 0) is 55.0 Å².